The average molecular weight is 370 g/mol. The second-order valence-corrected chi connectivity index (χ2v) is 5.54. The van der Waals surface area contributed by atoms with Crippen LogP contribution in [0.2, 0.25) is 0 Å². The molecule has 2 rings (SSSR count). The molecule has 0 unspecified atom stereocenters. The molecule has 5 heteroatoms. The van der Waals surface area contributed by atoms with E-state index in [1.54, 1.807) is 24.5 Å². The third-order valence-electron chi connectivity index (χ3n) is 2.44. The molecule has 0 saturated carbocycles. The number of hydrogen-bond acceptors (Lipinski definition) is 2. The molecule has 1 aromatic heterocycles. The molecule has 1 N–H and O–H groups in total. The van der Waals surface area contributed by atoms with Crippen LogP contribution in [0.3, 0.4) is 0 Å². The van der Waals surface area contributed by atoms with Crippen molar-refractivity contribution in [2.24, 2.45) is 0 Å². The number of carbonyl (C=O) groups excluding carboxylic acids is 1. The van der Waals surface area contributed by atoms with Gasteiger partial charge in [-0.05, 0) is 52.7 Å². The Morgan fingerprint density at radius 1 is 1.28 bits per heavy atom. The fraction of sp³-hybridized carbons (Fsp3) is 0.0769. The second kappa shape index (κ2) is 5.63. The van der Waals surface area contributed by atoms with Crippen molar-refractivity contribution in [3.63, 3.8) is 0 Å². The zero-order valence-corrected chi connectivity index (χ0v) is 12.7. The van der Waals surface area contributed by atoms with Crippen molar-refractivity contribution in [3.8, 4) is 0 Å². The van der Waals surface area contributed by atoms with Crippen molar-refractivity contribution >= 4 is 43.5 Å². The van der Waals surface area contributed by atoms with Gasteiger partial charge in [0.25, 0.3) is 5.91 Å². The molecule has 18 heavy (non-hydrogen) atoms. The predicted octanol–water partition coefficient (Wildman–Crippen LogP) is 4.17. The minimum absolute atomic E-state index is 0.149. The van der Waals surface area contributed by atoms with Gasteiger partial charge in [-0.3, -0.25) is 9.78 Å². The molecular formula is C13H10Br2N2O. The topological polar surface area (TPSA) is 42.0 Å². The van der Waals surface area contributed by atoms with Gasteiger partial charge in [-0.25, -0.2) is 0 Å². The molecule has 0 fully saturated rings. The van der Waals surface area contributed by atoms with E-state index < -0.39 is 0 Å². The maximum Gasteiger partial charge on any atom is 0.256 e. The lowest BCUT2D eigenvalue weighted by molar-refractivity contribution is 0.102. The van der Waals surface area contributed by atoms with Crippen LogP contribution in [0.1, 0.15) is 15.9 Å². The Balaban J connectivity index is 2.25. The average Bonchev–Trinajstić information content (AvgIpc) is 2.32. The summed E-state index contributed by atoms with van der Waals surface area (Å²) in [6.07, 6.45) is 3.37. The van der Waals surface area contributed by atoms with Crippen molar-refractivity contribution in [2.75, 3.05) is 5.32 Å². The van der Waals surface area contributed by atoms with Crippen LogP contribution in [0.5, 0.6) is 0 Å². The fourth-order valence-electron chi connectivity index (χ4n) is 1.48. The van der Waals surface area contributed by atoms with Crippen molar-refractivity contribution in [3.05, 3.63) is 56.7 Å². The third-order valence-corrected chi connectivity index (χ3v) is 3.59. The first-order valence-corrected chi connectivity index (χ1v) is 6.83. The summed E-state index contributed by atoms with van der Waals surface area (Å²) < 4.78 is 1.67. The summed E-state index contributed by atoms with van der Waals surface area (Å²) in [5.74, 6) is -0.149. The number of pyridine rings is 1. The van der Waals surface area contributed by atoms with E-state index >= 15 is 0 Å². The van der Waals surface area contributed by atoms with Crippen LogP contribution in [0, 0.1) is 6.92 Å². The van der Waals surface area contributed by atoms with Gasteiger partial charge in [0.1, 0.15) is 0 Å². The summed E-state index contributed by atoms with van der Waals surface area (Å²) in [4.78, 5) is 16.1. The van der Waals surface area contributed by atoms with E-state index in [0.717, 1.165) is 20.2 Å². The zero-order valence-electron chi connectivity index (χ0n) is 9.58. The van der Waals surface area contributed by atoms with E-state index in [1.807, 2.05) is 19.1 Å². The molecule has 0 saturated heterocycles. The standard InChI is InChI=1S/C13H10Br2N2O/c1-8-7-16-5-4-12(8)17-13(18)10-3-2-9(14)6-11(10)15/h2-7H,1H3,(H,16,17,18). The smallest absolute Gasteiger partial charge is 0.256 e. The molecule has 1 aromatic carbocycles. The molecule has 0 aliphatic carbocycles. The first-order chi connectivity index (χ1) is 8.58. The number of halogens is 2. The van der Waals surface area contributed by atoms with Crippen molar-refractivity contribution in [2.45, 2.75) is 6.92 Å². The molecule has 2 aromatic rings. The summed E-state index contributed by atoms with van der Waals surface area (Å²) in [7, 11) is 0. The number of nitrogens with one attached hydrogen (secondary N) is 1. The Kier molecular flexibility index (Phi) is 4.14. The molecular weight excluding hydrogens is 360 g/mol. The third kappa shape index (κ3) is 2.97. The lowest BCUT2D eigenvalue weighted by Gasteiger charge is -2.09. The van der Waals surface area contributed by atoms with Gasteiger partial charge in [0.15, 0.2) is 0 Å². The molecule has 0 bridgehead atoms. The molecule has 1 amide bonds. The van der Waals surface area contributed by atoms with Crippen LogP contribution in [0.15, 0.2) is 45.6 Å². The second-order valence-electron chi connectivity index (χ2n) is 3.77. The largest absolute Gasteiger partial charge is 0.322 e. The SMILES string of the molecule is Cc1cnccc1NC(=O)c1ccc(Br)cc1Br. The maximum absolute atomic E-state index is 12.1. The summed E-state index contributed by atoms with van der Waals surface area (Å²) in [6.45, 7) is 1.90. The van der Waals surface area contributed by atoms with Gasteiger partial charge in [-0.15, -0.1) is 0 Å². The fourth-order valence-corrected chi connectivity index (χ4v) is 2.70. The highest BCUT2D eigenvalue weighted by atomic mass is 79.9. The Bertz CT molecular complexity index is 599. The molecule has 0 aliphatic rings. The van der Waals surface area contributed by atoms with E-state index in [4.69, 9.17) is 0 Å². The number of nitrogens with zero attached hydrogens (tertiary/aromatic N) is 1. The van der Waals surface area contributed by atoms with Gasteiger partial charge in [0.05, 0.1) is 5.56 Å². The monoisotopic (exact) mass is 368 g/mol. The Morgan fingerprint density at radius 2 is 2.06 bits per heavy atom. The van der Waals surface area contributed by atoms with Gasteiger partial charge >= 0.3 is 0 Å². The lowest BCUT2D eigenvalue weighted by Crippen LogP contribution is -2.13. The Hall–Kier alpha value is -1.20. The van der Waals surface area contributed by atoms with E-state index in [1.165, 1.54) is 0 Å². The zero-order chi connectivity index (χ0) is 13.1. The van der Waals surface area contributed by atoms with Crippen LogP contribution in [-0.2, 0) is 0 Å². The van der Waals surface area contributed by atoms with Gasteiger partial charge in [-0.1, -0.05) is 15.9 Å². The van der Waals surface area contributed by atoms with E-state index in [-0.39, 0.29) is 5.91 Å². The van der Waals surface area contributed by atoms with Crippen LogP contribution in [-0.4, -0.2) is 10.9 Å². The summed E-state index contributed by atoms with van der Waals surface area (Å²) in [6, 6.07) is 7.22. The highest BCUT2D eigenvalue weighted by molar-refractivity contribution is 9.11. The summed E-state index contributed by atoms with van der Waals surface area (Å²) >= 11 is 6.73. The van der Waals surface area contributed by atoms with Gasteiger partial charge in [-0.2, -0.15) is 0 Å². The van der Waals surface area contributed by atoms with Crippen LogP contribution < -0.4 is 5.32 Å². The normalized spacial score (nSPS) is 10.2. The molecule has 1 heterocycles. The highest BCUT2D eigenvalue weighted by Gasteiger charge is 2.11. The number of aryl methyl sites for hydroxylation is 1. The minimum atomic E-state index is -0.149. The minimum Gasteiger partial charge on any atom is -0.322 e. The molecule has 0 aliphatic heterocycles. The summed E-state index contributed by atoms with van der Waals surface area (Å²) in [5.41, 5.74) is 2.29. The molecule has 3 nitrogen and oxygen atoms in total. The summed E-state index contributed by atoms with van der Waals surface area (Å²) in [5, 5.41) is 2.86. The molecule has 0 atom stereocenters. The highest BCUT2D eigenvalue weighted by Crippen LogP contribution is 2.23. The number of amides is 1. The lowest BCUT2D eigenvalue weighted by atomic mass is 10.2. The molecule has 0 spiro atoms. The van der Waals surface area contributed by atoms with E-state index in [0.29, 0.717) is 5.56 Å². The number of hydrogen-bond donors (Lipinski definition) is 1. The molecule has 92 valence electrons. The predicted molar refractivity (Wildman–Crippen MR) is 78.8 cm³/mol. The van der Waals surface area contributed by atoms with Crippen molar-refractivity contribution in [1.29, 1.82) is 0 Å². The van der Waals surface area contributed by atoms with Crippen LogP contribution >= 0.6 is 31.9 Å². The quantitative estimate of drug-likeness (QED) is 0.863. The number of benzene rings is 1. The number of anilines is 1. The number of rotatable bonds is 2. The van der Waals surface area contributed by atoms with Gasteiger partial charge in [0.2, 0.25) is 0 Å². The Morgan fingerprint density at radius 3 is 2.72 bits per heavy atom. The Labute approximate surface area is 122 Å². The molecule has 0 radical (unpaired) electrons. The van der Waals surface area contributed by atoms with Crippen molar-refractivity contribution in [1.82, 2.24) is 4.98 Å². The first-order valence-electron chi connectivity index (χ1n) is 5.25. The van der Waals surface area contributed by atoms with Gasteiger partial charge < -0.3 is 5.32 Å². The van der Waals surface area contributed by atoms with Crippen LogP contribution in [0.25, 0.3) is 0 Å². The maximum atomic E-state index is 12.1. The van der Waals surface area contributed by atoms with Gasteiger partial charge in [0, 0.05) is 27.0 Å². The van der Waals surface area contributed by atoms with Crippen LogP contribution in [0.4, 0.5) is 5.69 Å². The van der Waals surface area contributed by atoms with Crippen molar-refractivity contribution < 1.29 is 4.79 Å². The first kappa shape index (κ1) is 13.2. The number of aromatic nitrogens is 1. The van der Waals surface area contributed by atoms with E-state index in [2.05, 4.69) is 42.2 Å². The van der Waals surface area contributed by atoms with E-state index in [9.17, 15) is 4.79 Å². The number of carbonyl (C=O) groups is 1.